The highest BCUT2D eigenvalue weighted by atomic mass is 35.5. The van der Waals surface area contributed by atoms with Gasteiger partial charge in [-0.25, -0.2) is 9.37 Å². The number of thioether (sulfide) groups is 2. The number of benzene rings is 2. The predicted molar refractivity (Wildman–Crippen MR) is 105 cm³/mol. The molecule has 0 saturated carbocycles. The highest BCUT2D eigenvalue weighted by Crippen LogP contribution is 2.32. The van der Waals surface area contributed by atoms with Gasteiger partial charge < -0.3 is 0 Å². The average Bonchev–Trinajstić information content (AvgIpc) is 3.11. The topological polar surface area (TPSA) is 34.9 Å². The summed E-state index contributed by atoms with van der Waals surface area (Å²) in [5, 5.41) is 0.935. The molecule has 2 heterocycles. The minimum Gasteiger partial charge on any atom is -0.268 e. The van der Waals surface area contributed by atoms with E-state index in [1.807, 2.05) is 30.3 Å². The third-order valence-electron chi connectivity index (χ3n) is 4.09. The van der Waals surface area contributed by atoms with E-state index in [1.54, 1.807) is 28.5 Å². The van der Waals surface area contributed by atoms with E-state index in [1.165, 1.54) is 17.8 Å². The van der Waals surface area contributed by atoms with Crippen LogP contribution in [0.15, 0.2) is 63.4 Å². The molecule has 3 aromatic rings. The molecule has 1 aliphatic heterocycles. The molecule has 0 aliphatic carbocycles. The Balaban J connectivity index is 1.78. The van der Waals surface area contributed by atoms with Crippen LogP contribution < -0.4 is 5.56 Å². The van der Waals surface area contributed by atoms with Gasteiger partial charge in [-0.15, -0.1) is 11.8 Å². The zero-order valence-electron chi connectivity index (χ0n) is 13.6. The Kier molecular flexibility index (Phi) is 5.07. The van der Waals surface area contributed by atoms with E-state index in [0.717, 1.165) is 23.6 Å². The second kappa shape index (κ2) is 7.47. The largest absolute Gasteiger partial charge is 0.272 e. The fourth-order valence-electron chi connectivity index (χ4n) is 2.80. The van der Waals surface area contributed by atoms with Gasteiger partial charge in [0.1, 0.15) is 5.82 Å². The van der Waals surface area contributed by atoms with Gasteiger partial charge in [-0.2, -0.15) is 0 Å². The number of nitrogens with zero attached hydrogens (tertiary/aromatic N) is 2. The zero-order valence-corrected chi connectivity index (χ0v) is 16.0. The average molecular weight is 405 g/mol. The molecular formula is C19H14ClFN2OS2. The van der Waals surface area contributed by atoms with Gasteiger partial charge in [0, 0.05) is 28.5 Å². The molecule has 0 bridgehead atoms. The number of aryl methyl sites for hydroxylation is 1. The Bertz CT molecular complexity index is 1000. The van der Waals surface area contributed by atoms with Crippen molar-refractivity contribution in [2.75, 3.05) is 5.75 Å². The van der Waals surface area contributed by atoms with Crippen LogP contribution in [-0.4, -0.2) is 15.3 Å². The summed E-state index contributed by atoms with van der Waals surface area (Å²) in [5.41, 5.74) is 1.94. The number of halogens is 2. The Morgan fingerprint density at radius 1 is 1.19 bits per heavy atom. The van der Waals surface area contributed by atoms with Crippen molar-refractivity contribution in [3.05, 3.63) is 81.0 Å². The van der Waals surface area contributed by atoms with Gasteiger partial charge >= 0.3 is 0 Å². The Hall–Kier alpha value is -1.76. The smallest absolute Gasteiger partial charge is 0.268 e. The summed E-state index contributed by atoms with van der Waals surface area (Å²) in [6, 6.07) is 14.0. The molecule has 1 aromatic heterocycles. The van der Waals surface area contributed by atoms with E-state index in [9.17, 15) is 9.18 Å². The second-order valence-corrected chi connectivity index (χ2v) is 8.19. The molecular weight excluding hydrogens is 391 g/mol. The third-order valence-corrected chi connectivity index (χ3v) is 6.51. The van der Waals surface area contributed by atoms with Crippen LogP contribution >= 0.6 is 35.1 Å². The van der Waals surface area contributed by atoms with Gasteiger partial charge in [-0.1, -0.05) is 47.6 Å². The molecule has 0 amide bonds. The van der Waals surface area contributed by atoms with Crippen LogP contribution in [0.25, 0.3) is 5.69 Å². The molecule has 1 aliphatic rings. The van der Waals surface area contributed by atoms with Crippen molar-refractivity contribution in [3.63, 3.8) is 0 Å². The quantitative estimate of drug-likeness (QED) is 0.454. The molecule has 0 saturated heterocycles. The predicted octanol–water partition coefficient (Wildman–Crippen LogP) is 4.97. The first-order valence-electron chi connectivity index (χ1n) is 8.05. The second-order valence-electron chi connectivity index (χ2n) is 5.73. The maximum atomic E-state index is 14.1. The molecule has 0 unspecified atom stereocenters. The number of fused-ring (bicyclic) bond motifs is 1. The first-order valence-corrected chi connectivity index (χ1v) is 10.4. The van der Waals surface area contributed by atoms with Crippen LogP contribution in [0.3, 0.4) is 0 Å². The minimum atomic E-state index is -0.352. The first-order chi connectivity index (χ1) is 12.6. The molecule has 26 heavy (non-hydrogen) atoms. The van der Waals surface area contributed by atoms with Gasteiger partial charge in [-0.3, -0.25) is 9.36 Å². The standard InChI is InChI=1S/C19H14ClFN2OS2/c20-14-7-4-8-15(21)13(14)11-26-19-22-16-9-10-25-17(16)18(24)23(19)12-5-2-1-3-6-12/h1-8H,9-11H2. The van der Waals surface area contributed by atoms with Gasteiger partial charge in [0.05, 0.1) is 16.3 Å². The SMILES string of the molecule is O=c1c2c(nc(SCc3c(F)cccc3Cl)n1-c1ccccc1)CCS2. The number of para-hydroxylation sites is 1. The van der Waals surface area contributed by atoms with Crippen molar-refractivity contribution >= 4 is 35.1 Å². The molecule has 2 aromatic carbocycles. The lowest BCUT2D eigenvalue weighted by atomic mass is 10.2. The molecule has 3 nitrogen and oxygen atoms in total. The summed E-state index contributed by atoms with van der Waals surface area (Å²) in [4.78, 5) is 18.4. The van der Waals surface area contributed by atoms with Gasteiger partial charge in [0.15, 0.2) is 5.16 Å². The summed E-state index contributed by atoms with van der Waals surface area (Å²) in [6.45, 7) is 0. The normalized spacial score (nSPS) is 13.0. The molecule has 7 heteroatoms. The molecule has 0 fully saturated rings. The van der Waals surface area contributed by atoms with Crippen LogP contribution in [0.2, 0.25) is 5.02 Å². The van der Waals surface area contributed by atoms with Crippen molar-refractivity contribution < 1.29 is 4.39 Å². The molecule has 0 N–H and O–H groups in total. The summed E-state index contributed by atoms with van der Waals surface area (Å²) >= 11 is 9.00. The van der Waals surface area contributed by atoms with E-state index in [4.69, 9.17) is 16.6 Å². The van der Waals surface area contributed by atoms with Gasteiger partial charge in [-0.05, 0) is 24.3 Å². The van der Waals surface area contributed by atoms with E-state index >= 15 is 0 Å². The van der Waals surface area contributed by atoms with Crippen LogP contribution in [0.5, 0.6) is 0 Å². The van der Waals surface area contributed by atoms with Crippen LogP contribution in [0.1, 0.15) is 11.3 Å². The maximum Gasteiger partial charge on any atom is 0.272 e. The van der Waals surface area contributed by atoms with Crippen molar-refractivity contribution in [2.24, 2.45) is 0 Å². The Labute approximate surface area is 163 Å². The summed E-state index contributed by atoms with van der Waals surface area (Å²) in [5.74, 6) is 0.811. The lowest BCUT2D eigenvalue weighted by Gasteiger charge is -2.14. The van der Waals surface area contributed by atoms with Gasteiger partial charge in [0.25, 0.3) is 5.56 Å². The van der Waals surface area contributed by atoms with Gasteiger partial charge in [0.2, 0.25) is 0 Å². The highest BCUT2D eigenvalue weighted by Gasteiger charge is 2.23. The lowest BCUT2D eigenvalue weighted by Crippen LogP contribution is -2.23. The maximum absolute atomic E-state index is 14.1. The van der Waals surface area contributed by atoms with E-state index in [2.05, 4.69) is 0 Å². The summed E-state index contributed by atoms with van der Waals surface area (Å²) in [6.07, 6.45) is 0.777. The lowest BCUT2D eigenvalue weighted by molar-refractivity contribution is 0.617. The van der Waals surface area contributed by atoms with E-state index in [0.29, 0.717) is 26.4 Å². The molecule has 4 rings (SSSR count). The van der Waals surface area contributed by atoms with Crippen LogP contribution in [-0.2, 0) is 12.2 Å². The van der Waals surface area contributed by atoms with E-state index in [-0.39, 0.29) is 11.4 Å². The minimum absolute atomic E-state index is 0.0640. The van der Waals surface area contributed by atoms with Crippen molar-refractivity contribution in [1.82, 2.24) is 9.55 Å². The number of aromatic nitrogens is 2. The summed E-state index contributed by atoms with van der Waals surface area (Å²) < 4.78 is 15.7. The zero-order chi connectivity index (χ0) is 18.1. The first kappa shape index (κ1) is 17.6. The Morgan fingerprint density at radius 2 is 2.00 bits per heavy atom. The third kappa shape index (κ3) is 3.29. The highest BCUT2D eigenvalue weighted by molar-refractivity contribution is 7.99. The molecule has 0 atom stereocenters. The van der Waals surface area contributed by atoms with Crippen molar-refractivity contribution in [3.8, 4) is 5.69 Å². The summed E-state index contributed by atoms with van der Waals surface area (Å²) in [7, 11) is 0. The Morgan fingerprint density at radius 3 is 2.77 bits per heavy atom. The number of hydrogen-bond donors (Lipinski definition) is 0. The van der Waals surface area contributed by atoms with Crippen molar-refractivity contribution in [2.45, 2.75) is 22.2 Å². The number of hydrogen-bond acceptors (Lipinski definition) is 4. The van der Waals surface area contributed by atoms with Crippen LogP contribution in [0.4, 0.5) is 4.39 Å². The fraction of sp³-hybridized carbons (Fsp3) is 0.158. The molecule has 132 valence electrons. The van der Waals surface area contributed by atoms with Crippen molar-refractivity contribution in [1.29, 1.82) is 0 Å². The number of rotatable bonds is 4. The van der Waals surface area contributed by atoms with E-state index < -0.39 is 0 Å². The monoisotopic (exact) mass is 404 g/mol. The molecule has 0 spiro atoms. The fourth-order valence-corrected chi connectivity index (χ4v) is 5.20. The van der Waals surface area contributed by atoms with Crippen LogP contribution in [0, 0.1) is 5.82 Å². The molecule has 0 radical (unpaired) electrons.